The van der Waals surface area contributed by atoms with Crippen molar-refractivity contribution in [3.63, 3.8) is 0 Å². The van der Waals surface area contributed by atoms with Crippen molar-refractivity contribution in [1.29, 1.82) is 0 Å². The Morgan fingerprint density at radius 1 is 1.41 bits per heavy atom. The van der Waals surface area contributed by atoms with Gasteiger partial charge in [0, 0.05) is 5.56 Å². The van der Waals surface area contributed by atoms with Crippen molar-refractivity contribution in [1.82, 2.24) is 0 Å². The zero-order valence-corrected chi connectivity index (χ0v) is 10.1. The molecule has 0 amide bonds. The highest BCUT2D eigenvalue weighted by Gasteiger charge is 2.37. The van der Waals surface area contributed by atoms with E-state index < -0.39 is 0 Å². The highest BCUT2D eigenvalue weighted by molar-refractivity contribution is 6.01. The molecule has 1 aliphatic rings. The first-order valence-corrected chi connectivity index (χ1v) is 5.88. The second kappa shape index (κ2) is 4.21. The Morgan fingerprint density at radius 3 is 2.71 bits per heavy atom. The number of ketones is 1. The molecule has 0 saturated carbocycles. The van der Waals surface area contributed by atoms with Gasteiger partial charge in [0.15, 0.2) is 11.5 Å². The van der Waals surface area contributed by atoms with E-state index in [1.807, 2.05) is 13.8 Å². The number of rotatable bonds is 2. The Bertz CT molecular complexity index is 495. The van der Waals surface area contributed by atoms with E-state index in [4.69, 9.17) is 11.3 Å². The second-order valence-electron chi connectivity index (χ2n) is 4.38. The summed E-state index contributed by atoms with van der Waals surface area (Å²) in [5.41, 5.74) is 0.682. The molecule has 0 N–H and O–H groups in total. The van der Waals surface area contributed by atoms with Crippen LogP contribution in [0.2, 0.25) is 0 Å². The first-order chi connectivity index (χ1) is 8.14. The Balaban J connectivity index is 2.46. The summed E-state index contributed by atoms with van der Waals surface area (Å²) in [5.74, 6) is 0.706. The van der Waals surface area contributed by atoms with Gasteiger partial charge in [-0.3, -0.25) is 4.79 Å². The fraction of sp³-hybridized carbons (Fsp3) is 0.429. The predicted octanol–water partition coefficient (Wildman–Crippen LogP) is 3.76. The minimum absolute atomic E-state index is 0.0838. The lowest BCUT2D eigenvalue weighted by Gasteiger charge is -2.36. The van der Waals surface area contributed by atoms with Crippen LogP contribution in [0.3, 0.4) is 0 Å². The maximum absolute atomic E-state index is 12.1. The average molecular weight is 229 g/mol. The molecule has 0 aromatic heterocycles. The van der Waals surface area contributed by atoms with E-state index >= 15 is 0 Å². The van der Waals surface area contributed by atoms with Crippen LogP contribution in [0.4, 0.5) is 5.69 Å². The number of hydrogen-bond acceptors (Lipinski definition) is 2. The molecule has 0 bridgehead atoms. The zero-order chi connectivity index (χ0) is 12.5. The minimum Gasteiger partial charge on any atom is -0.486 e. The molecule has 0 atom stereocenters. The first kappa shape index (κ1) is 11.7. The third kappa shape index (κ3) is 1.91. The van der Waals surface area contributed by atoms with E-state index in [0.717, 1.165) is 12.8 Å². The summed E-state index contributed by atoms with van der Waals surface area (Å²) in [6.07, 6.45) is 2.05. The maximum Gasteiger partial charge on any atom is 0.188 e. The first-order valence-electron chi connectivity index (χ1n) is 5.88. The predicted molar refractivity (Wildman–Crippen MR) is 65.6 cm³/mol. The minimum atomic E-state index is -0.357. The highest BCUT2D eigenvalue weighted by Crippen LogP contribution is 2.38. The molecule has 2 rings (SSSR count). The molecule has 1 aromatic carbocycles. The molecule has 0 spiro atoms. The Labute approximate surface area is 101 Å². The number of fused-ring (bicyclic) bond motifs is 1. The molecular formula is C14H15NO2. The van der Waals surface area contributed by atoms with E-state index in [2.05, 4.69) is 4.85 Å². The van der Waals surface area contributed by atoms with Gasteiger partial charge >= 0.3 is 0 Å². The molecule has 0 unspecified atom stereocenters. The molecule has 1 aromatic rings. The summed E-state index contributed by atoms with van der Waals surface area (Å²) in [7, 11) is 0. The van der Waals surface area contributed by atoms with Crippen molar-refractivity contribution in [2.45, 2.75) is 38.7 Å². The summed E-state index contributed by atoms with van der Waals surface area (Å²) in [6, 6.07) is 5.06. The number of carbonyl (C=O) groups is 1. The van der Waals surface area contributed by atoms with Crippen LogP contribution in [0.15, 0.2) is 18.2 Å². The fourth-order valence-corrected chi connectivity index (χ4v) is 2.20. The van der Waals surface area contributed by atoms with E-state index in [0.29, 0.717) is 23.4 Å². The zero-order valence-electron chi connectivity index (χ0n) is 10.1. The lowest BCUT2D eigenvalue weighted by Crippen LogP contribution is -2.40. The third-order valence-electron chi connectivity index (χ3n) is 3.49. The van der Waals surface area contributed by atoms with E-state index in [9.17, 15) is 4.79 Å². The summed E-state index contributed by atoms with van der Waals surface area (Å²) < 4.78 is 5.96. The molecule has 1 heterocycles. The quantitative estimate of drug-likeness (QED) is 0.723. The monoisotopic (exact) mass is 229 g/mol. The lowest BCUT2D eigenvalue weighted by molar-refractivity contribution is 0.0350. The molecule has 88 valence electrons. The Morgan fingerprint density at radius 2 is 2.12 bits per heavy atom. The van der Waals surface area contributed by atoms with Crippen molar-refractivity contribution < 1.29 is 9.53 Å². The van der Waals surface area contributed by atoms with E-state index in [1.165, 1.54) is 0 Å². The van der Waals surface area contributed by atoms with Gasteiger partial charge in [-0.05, 0) is 25.0 Å². The van der Waals surface area contributed by atoms with E-state index in [1.54, 1.807) is 18.2 Å². The van der Waals surface area contributed by atoms with Gasteiger partial charge < -0.3 is 4.74 Å². The molecule has 17 heavy (non-hydrogen) atoms. The van der Waals surface area contributed by atoms with Gasteiger partial charge in [-0.1, -0.05) is 19.9 Å². The van der Waals surface area contributed by atoms with E-state index in [-0.39, 0.29) is 11.4 Å². The molecule has 3 nitrogen and oxygen atoms in total. The van der Waals surface area contributed by atoms with Gasteiger partial charge in [0.25, 0.3) is 0 Å². The lowest BCUT2D eigenvalue weighted by atomic mass is 9.86. The molecule has 0 fully saturated rings. The average Bonchev–Trinajstić information content (AvgIpc) is 2.38. The van der Waals surface area contributed by atoms with Crippen LogP contribution in [0.5, 0.6) is 5.75 Å². The largest absolute Gasteiger partial charge is 0.486 e. The molecule has 0 aliphatic carbocycles. The van der Waals surface area contributed by atoms with Crippen molar-refractivity contribution >= 4 is 11.5 Å². The second-order valence-corrected chi connectivity index (χ2v) is 4.38. The number of Topliss-reactive ketones (excluding diaryl/α,β-unsaturated/α-hetero) is 1. The van der Waals surface area contributed by atoms with Crippen LogP contribution in [0, 0.1) is 6.57 Å². The van der Waals surface area contributed by atoms with Crippen molar-refractivity contribution in [3.05, 3.63) is 35.2 Å². The molecule has 1 aliphatic heterocycles. The number of nitrogens with zero attached hydrogens (tertiary/aromatic N) is 1. The summed E-state index contributed by atoms with van der Waals surface area (Å²) >= 11 is 0. The standard InChI is InChI=1S/C14H15NO2/c1-4-14(5-2)9-12(16)11-8-10(15-3)6-7-13(11)17-14/h6-8H,4-5,9H2,1-2H3. The van der Waals surface area contributed by atoms with Gasteiger partial charge in [0.1, 0.15) is 11.4 Å². The summed E-state index contributed by atoms with van der Waals surface area (Å²) in [6.45, 7) is 11.0. The smallest absolute Gasteiger partial charge is 0.188 e. The van der Waals surface area contributed by atoms with Crippen molar-refractivity contribution in [2.75, 3.05) is 0 Å². The fourth-order valence-electron chi connectivity index (χ4n) is 2.20. The number of carbonyl (C=O) groups excluding carboxylic acids is 1. The Hall–Kier alpha value is -1.82. The van der Waals surface area contributed by atoms with Gasteiger partial charge in [-0.25, -0.2) is 4.85 Å². The normalized spacial score (nSPS) is 16.9. The molecule has 0 radical (unpaired) electrons. The molecule has 0 saturated heterocycles. The van der Waals surface area contributed by atoms with Crippen molar-refractivity contribution in [3.8, 4) is 5.75 Å². The third-order valence-corrected chi connectivity index (χ3v) is 3.49. The molecular weight excluding hydrogens is 214 g/mol. The van der Waals surface area contributed by atoms with Gasteiger partial charge in [0.2, 0.25) is 0 Å². The van der Waals surface area contributed by atoms with Crippen molar-refractivity contribution in [2.24, 2.45) is 0 Å². The topological polar surface area (TPSA) is 30.7 Å². The number of ether oxygens (including phenoxy) is 1. The van der Waals surface area contributed by atoms with Crippen LogP contribution in [0.25, 0.3) is 4.85 Å². The summed E-state index contributed by atoms with van der Waals surface area (Å²) in [4.78, 5) is 15.4. The number of benzene rings is 1. The van der Waals surface area contributed by atoms with Crippen LogP contribution in [-0.2, 0) is 0 Å². The Kier molecular flexibility index (Phi) is 2.89. The van der Waals surface area contributed by atoms with Gasteiger partial charge in [-0.2, -0.15) is 0 Å². The van der Waals surface area contributed by atoms with Crippen LogP contribution < -0.4 is 4.74 Å². The van der Waals surface area contributed by atoms with Gasteiger partial charge in [-0.15, -0.1) is 0 Å². The molecule has 3 heteroatoms. The SMILES string of the molecule is [C-]#[N+]c1ccc2c(c1)C(=O)CC(CC)(CC)O2. The van der Waals surface area contributed by atoms with Crippen LogP contribution >= 0.6 is 0 Å². The summed E-state index contributed by atoms with van der Waals surface area (Å²) in [5, 5.41) is 0. The number of hydrogen-bond donors (Lipinski definition) is 0. The van der Waals surface area contributed by atoms with Crippen LogP contribution in [0.1, 0.15) is 43.5 Å². The van der Waals surface area contributed by atoms with Crippen LogP contribution in [-0.4, -0.2) is 11.4 Å². The maximum atomic E-state index is 12.1. The van der Waals surface area contributed by atoms with Gasteiger partial charge in [0.05, 0.1) is 13.0 Å². The highest BCUT2D eigenvalue weighted by atomic mass is 16.5.